The summed E-state index contributed by atoms with van der Waals surface area (Å²) in [5.41, 5.74) is 1.48. The van der Waals surface area contributed by atoms with Gasteiger partial charge in [0.15, 0.2) is 0 Å². The summed E-state index contributed by atoms with van der Waals surface area (Å²) in [7, 11) is 1.35. The predicted octanol–water partition coefficient (Wildman–Crippen LogP) is 0.848. The van der Waals surface area contributed by atoms with Gasteiger partial charge in [-0.05, 0) is 24.1 Å². The summed E-state index contributed by atoms with van der Waals surface area (Å²) in [5, 5.41) is 2.46. The third-order valence-corrected chi connectivity index (χ3v) is 2.88. The van der Waals surface area contributed by atoms with Crippen molar-refractivity contribution in [1.29, 1.82) is 0 Å². The van der Waals surface area contributed by atoms with Crippen LogP contribution >= 0.6 is 0 Å². The summed E-state index contributed by atoms with van der Waals surface area (Å²) in [5.74, 6) is -0.537. The molecule has 19 heavy (non-hydrogen) atoms. The van der Waals surface area contributed by atoms with Gasteiger partial charge in [0.2, 0.25) is 0 Å². The number of nitrogens with one attached hydrogen (secondary N) is 1. The maximum Gasteiger partial charge on any atom is 0.329 e. The number of urea groups is 1. The normalized spacial score (nSPS) is 14.5. The summed E-state index contributed by atoms with van der Waals surface area (Å²) < 4.78 is 4.56. The second kappa shape index (κ2) is 5.51. The Bertz CT molecular complexity index is 494. The van der Waals surface area contributed by atoms with Gasteiger partial charge in [0.1, 0.15) is 0 Å². The van der Waals surface area contributed by atoms with Crippen LogP contribution in [-0.2, 0) is 20.7 Å². The van der Waals surface area contributed by atoms with E-state index < -0.39 is 6.03 Å². The molecule has 0 unspecified atom stereocenters. The number of benzene rings is 1. The number of hydrogen-bond donors (Lipinski definition) is 1. The van der Waals surface area contributed by atoms with Crippen LogP contribution in [0.3, 0.4) is 0 Å². The van der Waals surface area contributed by atoms with E-state index in [-0.39, 0.29) is 18.4 Å². The molecule has 0 saturated carbocycles. The molecule has 1 saturated heterocycles. The van der Waals surface area contributed by atoms with Gasteiger partial charge in [0.05, 0.1) is 19.3 Å². The number of imide groups is 1. The molecule has 1 aliphatic heterocycles. The fraction of sp³-hybridized carbons (Fsp3) is 0.308. The van der Waals surface area contributed by atoms with Gasteiger partial charge in [-0.15, -0.1) is 0 Å². The first kappa shape index (κ1) is 13.1. The Kier molecular flexibility index (Phi) is 3.79. The van der Waals surface area contributed by atoms with Crippen LogP contribution in [0.1, 0.15) is 12.0 Å². The van der Waals surface area contributed by atoms with Gasteiger partial charge in [-0.3, -0.25) is 9.59 Å². The molecule has 6 nitrogen and oxygen atoms in total. The minimum absolute atomic E-state index is 0.0307. The predicted molar refractivity (Wildman–Crippen MR) is 67.7 cm³/mol. The minimum Gasteiger partial charge on any atom is -0.469 e. The van der Waals surface area contributed by atoms with E-state index in [9.17, 15) is 14.4 Å². The second-order valence-electron chi connectivity index (χ2n) is 4.13. The van der Waals surface area contributed by atoms with E-state index in [1.54, 1.807) is 24.3 Å². The van der Waals surface area contributed by atoms with Crippen molar-refractivity contribution in [2.75, 3.05) is 18.6 Å². The molecule has 1 aliphatic rings. The first-order chi connectivity index (χ1) is 9.11. The summed E-state index contributed by atoms with van der Waals surface area (Å²) >= 11 is 0. The number of anilines is 1. The Balaban J connectivity index is 2.04. The van der Waals surface area contributed by atoms with Crippen molar-refractivity contribution in [2.45, 2.75) is 12.8 Å². The smallest absolute Gasteiger partial charge is 0.329 e. The average molecular weight is 262 g/mol. The highest BCUT2D eigenvalue weighted by Crippen LogP contribution is 2.18. The number of nitrogens with zero attached hydrogens (tertiary/aromatic N) is 1. The van der Waals surface area contributed by atoms with Crippen LogP contribution in [-0.4, -0.2) is 31.6 Å². The number of carbonyl (C=O) groups excluding carboxylic acids is 3. The molecule has 1 heterocycles. The van der Waals surface area contributed by atoms with Crippen LogP contribution in [0, 0.1) is 0 Å². The molecule has 2 rings (SSSR count). The first-order valence-corrected chi connectivity index (χ1v) is 5.88. The lowest BCUT2D eigenvalue weighted by molar-refractivity contribution is -0.140. The van der Waals surface area contributed by atoms with Gasteiger partial charge >= 0.3 is 12.0 Å². The lowest BCUT2D eigenvalue weighted by Gasteiger charge is -2.12. The fourth-order valence-corrected chi connectivity index (χ4v) is 1.84. The molecule has 0 spiro atoms. The Morgan fingerprint density at radius 2 is 2.00 bits per heavy atom. The maximum absolute atomic E-state index is 11.5. The molecule has 0 aromatic heterocycles. The van der Waals surface area contributed by atoms with Crippen molar-refractivity contribution >= 4 is 23.6 Å². The molecule has 3 amide bonds. The summed E-state index contributed by atoms with van der Waals surface area (Å²) in [4.78, 5) is 35.1. The molecule has 0 radical (unpaired) electrons. The Morgan fingerprint density at radius 3 is 2.53 bits per heavy atom. The molecule has 1 fully saturated rings. The van der Waals surface area contributed by atoms with Gasteiger partial charge < -0.3 is 10.1 Å². The monoisotopic (exact) mass is 262 g/mol. The average Bonchev–Trinajstić information content (AvgIpc) is 2.76. The molecule has 1 aromatic rings. The van der Waals surface area contributed by atoms with Crippen LogP contribution in [0.5, 0.6) is 0 Å². The zero-order valence-corrected chi connectivity index (χ0v) is 10.5. The Labute approximate surface area is 110 Å². The van der Waals surface area contributed by atoms with E-state index in [2.05, 4.69) is 10.1 Å². The van der Waals surface area contributed by atoms with E-state index in [1.165, 1.54) is 7.11 Å². The van der Waals surface area contributed by atoms with Crippen LogP contribution in [0.15, 0.2) is 24.3 Å². The standard InChI is InChI=1S/C13H14N2O4/c1-19-12(17)7-4-9-2-5-10(6-3-9)15-11(16)8-14-13(15)18/h2-3,5-6H,4,7-8H2,1H3,(H,14,18). The summed E-state index contributed by atoms with van der Waals surface area (Å²) in [6.07, 6.45) is 0.867. The fourth-order valence-electron chi connectivity index (χ4n) is 1.84. The molecule has 6 heteroatoms. The number of amides is 3. The van der Waals surface area contributed by atoms with Crippen molar-refractivity contribution in [3.05, 3.63) is 29.8 Å². The highest BCUT2D eigenvalue weighted by atomic mass is 16.5. The van der Waals surface area contributed by atoms with E-state index in [0.29, 0.717) is 18.5 Å². The largest absolute Gasteiger partial charge is 0.469 e. The van der Waals surface area contributed by atoms with Crippen molar-refractivity contribution in [2.24, 2.45) is 0 Å². The highest BCUT2D eigenvalue weighted by molar-refractivity contribution is 6.19. The van der Waals surface area contributed by atoms with Crippen molar-refractivity contribution in [3.63, 3.8) is 0 Å². The van der Waals surface area contributed by atoms with Crippen LogP contribution in [0.2, 0.25) is 0 Å². The number of hydrogen-bond acceptors (Lipinski definition) is 4. The lowest BCUT2D eigenvalue weighted by atomic mass is 10.1. The lowest BCUT2D eigenvalue weighted by Crippen LogP contribution is -2.30. The molecular weight excluding hydrogens is 248 g/mol. The SMILES string of the molecule is COC(=O)CCc1ccc(N2C(=O)CNC2=O)cc1. The molecule has 0 bridgehead atoms. The number of rotatable bonds is 4. The molecule has 0 aliphatic carbocycles. The van der Waals surface area contributed by atoms with Crippen LogP contribution < -0.4 is 10.2 Å². The summed E-state index contributed by atoms with van der Waals surface area (Å²) in [6.45, 7) is 0.0307. The molecule has 100 valence electrons. The third kappa shape index (κ3) is 2.90. The zero-order valence-electron chi connectivity index (χ0n) is 10.5. The van der Waals surface area contributed by atoms with Crippen molar-refractivity contribution in [3.8, 4) is 0 Å². The third-order valence-electron chi connectivity index (χ3n) is 2.88. The first-order valence-electron chi connectivity index (χ1n) is 5.88. The second-order valence-corrected chi connectivity index (χ2v) is 4.13. The molecule has 0 atom stereocenters. The Morgan fingerprint density at radius 1 is 1.32 bits per heavy atom. The topological polar surface area (TPSA) is 75.7 Å². The number of methoxy groups -OCH3 is 1. The zero-order chi connectivity index (χ0) is 13.8. The highest BCUT2D eigenvalue weighted by Gasteiger charge is 2.29. The molecule has 1 N–H and O–H groups in total. The Hall–Kier alpha value is -2.37. The van der Waals surface area contributed by atoms with Crippen molar-refractivity contribution in [1.82, 2.24) is 5.32 Å². The summed E-state index contributed by atoms with van der Waals surface area (Å²) in [6, 6.07) is 6.55. The number of ether oxygens (including phenoxy) is 1. The van der Waals surface area contributed by atoms with Crippen molar-refractivity contribution < 1.29 is 19.1 Å². The van der Waals surface area contributed by atoms with E-state index in [0.717, 1.165) is 10.5 Å². The van der Waals surface area contributed by atoms with E-state index >= 15 is 0 Å². The number of carbonyl (C=O) groups is 3. The maximum atomic E-state index is 11.5. The van der Waals surface area contributed by atoms with Gasteiger partial charge in [0.25, 0.3) is 5.91 Å². The van der Waals surface area contributed by atoms with E-state index in [1.807, 2.05) is 0 Å². The number of esters is 1. The number of aryl methyl sites for hydroxylation is 1. The van der Waals surface area contributed by atoms with E-state index in [4.69, 9.17) is 0 Å². The molecule has 1 aromatic carbocycles. The van der Waals surface area contributed by atoms with Gasteiger partial charge in [-0.25, -0.2) is 9.69 Å². The van der Waals surface area contributed by atoms with Gasteiger partial charge in [-0.1, -0.05) is 12.1 Å². The van der Waals surface area contributed by atoms with Crippen LogP contribution in [0.25, 0.3) is 0 Å². The minimum atomic E-state index is -0.410. The van der Waals surface area contributed by atoms with Gasteiger partial charge in [0, 0.05) is 6.42 Å². The quantitative estimate of drug-likeness (QED) is 0.644. The van der Waals surface area contributed by atoms with Gasteiger partial charge in [-0.2, -0.15) is 0 Å². The van der Waals surface area contributed by atoms with Crippen LogP contribution in [0.4, 0.5) is 10.5 Å². The molecular formula is C13H14N2O4.